The van der Waals surface area contributed by atoms with Crippen LogP contribution in [0.3, 0.4) is 0 Å². The molecule has 9 heteroatoms. The van der Waals surface area contributed by atoms with Crippen LogP contribution in [0.15, 0.2) is 0 Å². The topological polar surface area (TPSA) is 87.7 Å². The van der Waals surface area contributed by atoms with Gasteiger partial charge in [0.1, 0.15) is 0 Å². The Morgan fingerprint density at radius 1 is 1.00 bits per heavy atom. The second kappa shape index (κ2) is 6.56. The van der Waals surface area contributed by atoms with E-state index in [1.807, 2.05) is 0 Å². The van der Waals surface area contributed by atoms with Gasteiger partial charge in [0.2, 0.25) is 0 Å². The molecule has 0 saturated heterocycles. The van der Waals surface area contributed by atoms with Crippen molar-refractivity contribution in [2.45, 2.75) is 0 Å². The normalized spacial score (nSPS) is 9.08. The van der Waals surface area contributed by atoms with E-state index in [4.69, 9.17) is 17.5 Å². The van der Waals surface area contributed by atoms with E-state index in [1.54, 1.807) is 0 Å². The summed E-state index contributed by atoms with van der Waals surface area (Å²) in [7, 11) is -4.67. The molecule has 0 radical (unpaired) electrons. The van der Waals surface area contributed by atoms with Gasteiger partial charge in [0.05, 0.1) is 0 Å². The summed E-state index contributed by atoms with van der Waals surface area (Å²) < 4.78 is 40.8. The van der Waals surface area contributed by atoms with Gasteiger partial charge in [-0.25, -0.2) is 0 Å². The van der Waals surface area contributed by atoms with E-state index in [-0.39, 0.29) is 0 Å². The number of hydrogen-bond donors (Lipinski definition) is 2. The summed E-state index contributed by atoms with van der Waals surface area (Å²) in [5.41, 5.74) is 0. The van der Waals surface area contributed by atoms with Crippen LogP contribution >= 0.6 is 0 Å². The zero-order chi connectivity index (χ0) is 10.2. The van der Waals surface area contributed by atoms with Crippen molar-refractivity contribution in [1.82, 2.24) is 0 Å². The molecule has 0 rings (SSSR count). The molecule has 0 aliphatic heterocycles. The second-order valence-electron chi connectivity index (χ2n) is 0.862. The van der Waals surface area contributed by atoms with Crippen LogP contribution in [0.5, 0.6) is 0 Å². The van der Waals surface area contributed by atoms with Gasteiger partial charge < -0.3 is 0 Å². The van der Waals surface area contributed by atoms with Gasteiger partial charge in [-0.1, -0.05) is 0 Å². The molecule has 0 aromatic carbocycles. The quantitative estimate of drug-likeness (QED) is 0.481. The Bertz CT molecular complexity index is 302. The van der Waals surface area contributed by atoms with E-state index in [1.165, 1.54) is 0 Å². The van der Waals surface area contributed by atoms with E-state index in [0.717, 1.165) is 0 Å². The van der Waals surface area contributed by atoms with Crippen molar-refractivity contribution < 1.29 is 32.1 Å². The van der Waals surface area contributed by atoms with Crippen LogP contribution in [0.25, 0.3) is 11.6 Å². The van der Waals surface area contributed by atoms with Crippen LogP contribution < -0.4 is 0 Å². The summed E-state index contributed by atoms with van der Waals surface area (Å²) in [6.45, 7) is 14.0. The van der Waals surface area contributed by atoms with Crippen molar-refractivity contribution in [2.75, 3.05) is 0 Å². The van der Waals surface area contributed by atoms with Crippen molar-refractivity contribution in [3.63, 3.8) is 0 Å². The average molecular weight is 243 g/mol. The predicted molar refractivity (Wildman–Crippen MR) is 39.1 cm³/mol. The smallest absolute Gasteiger partial charge is 0.264 e. The third-order valence-electron chi connectivity index (χ3n) is 0.209. The number of rotatable bonds is 0. The van der Waals surface area contributed by atoms with Crippen molar-refractivity contribution in [1.29, 1.82) is 0 Å². The van der Waals surface area contributed by atoms with Gasteiger partial charge in [-0.2, -0.15) is 8.42 Å². The molecular weight excluding hydrogens is 238 g/mol. The largest absolute Gasteiger partial charge is 0.394 e. The van der Waals surface area contributed by atoms with Crippen LogP contribution in [-0.4, -0.2) is 17.5 Å². The second-order valence-corrected chi connectivity index (χ2v) is 3.05. The summed E-state index contributed by atoms with van der Waals surface area (Å²) in [5, 5.41) is 0. The van der Waals surface area contributed by atoms with Crippen molar-refractivity contribution in [3.8, 4) is 19.7 Å². The summed E-state index contributed by atoms with van der Waals surface area (Å²) >= 11 is -0.979. The summed E-state index contributed by atoms with van der Waals surface area (Å²) in [6, 6.07) is 0. The Morgan fingerprint density at radius 3 is 1.17 bits per heavy atom. The fourth-order valence-electron chi connectivity index (χ4n) is 0.0603. The zero-order valence-electron chi connectivity index (χ0n) is 5.49. The average Bonchev–Trinajstić information content (AvgIpc) is 1.88. The molecule has 0 aliphatic rings. The van der Waals surface area contributed by atoms with Gasteiger partial charge in [0.15, 0.2) is 0 Å². The molecule has 2 N–H and O–H groups in total. The van der Waals surface area contributed by atoms with Gasteiger partial charge in [-0.3, -0.25) is 9.11 Å². The molecule has 0 unspecified atom stereocenters. The monoisotopic (exact) mass is 242 g/mol. The van der Waals surface area contributed by atoms with Gasteiger partial charge in [-0.05, 0) is 0 Å². The SMILES string of the molecule is C#[N+][Cu]([N+]#C)[N+]#C.O=S(=O)(O)O. The molecule has 0 heterocycles. The molecule has 12 heavy (non-hydrogen) atoms. The Labute approximate surface area is 74.2 Å². The maximum absolute atomic E-state index is 8.74. The molecule has 0 aromatic rings. The van der Waals surface area contributed by atoms with E-state index in [2.05, 4.69) is 31.3 Å². The van der Waals surface area contributed by atoms with Crippen molar-refractivity contribution >= 4 is 10.4 Å². The van der Waals surface area contributed by atoms with Crippen molar-refractivity contribution in [2.24, 2.45) is 0 Å². The summed E-state index contributed by atoms with van der Waals surface area (Å²) in [6.07, 6.45) is 0. The first-order valence-electron chi connectivity index (χ1n) is 1.88. The summed E-state index contributed by atoms with van der Waals surface area (Å²) in [5.74, 6) is 0. The van der Waals surface area contributed by atoms with E-state index in [0.29, 0.717) is 0 Å². The summed E-state index contributed by atoms with van der Waals surface area (Å²) in [4.78, 5) is 0. The molecule has 0 aromatic heterocycles. The first-order valence-corrected chi connectivity index (χ1v) is 4.54. The van der Waals surface area contributed by atoms with Gasteiger partial charge in [0.25, 0.3) is 0 Å². The van der Waals surface area contributed by atoms with Gasteiger partial charge >= 0.3 is 56.3 Å². The zero-order valence-corrected chi connectivity index (χ0v) is 7.25. The van der Waals surface area contributed by atoms with Crippen LogP contribution in [0.1, 0.15) is 0 Å². The Balaban J connectivity index is 0. The molecule has 0 atom stereocenters. The fourth-order valence-corrected chi connectivity index (χ4v) is 0.249. The van der Waals surface area contributed by atoms with E-state index >= 15 is 0 Å². The minimum atomic E-state index is -4.67. The van der Waals surface area contributed by atoms with Crippen LogP contribution in [-0.2, 0) is 25.0 Å². The molecule has 0 bridgehead atoms. The third-order valence-corrected chi connectivity index (χ3v) is 0.861. The molecule has 0 spiro atoms. The fraction of sp³-hybridized carbons (Fsp3) is 0. The first kappa shape index (κ1) is 13.4. The molecular formula is C3H5CuN3O4S+3. The predicted octanol–water partition coefficient (Wildman–Crippen LogP) is 0.585. The van der Waals surface area contributed by atoms with Crippen molar-refractivity contribution in [3.05, 3.63) is 11.6 Å². The van der Waals surface area contributed by atoms with Crippen LogP contribution in [0.2, 0.25) is 0 Å². The third kappa shape index (κ3) is 23.2. The molecule has 0 saturated carbocycles. The maximum Gasteiger partial charge on any atom is 0.394 e. The minimum Gasteiger partial charge on any atom is -0.264 e. The molecule has 7 nitrogen and oxygen atoms in total. The molecule has 0 aliphatic carbocycles. The minimum absolute atomic E-state index is 0.979. The van der Waals surface area contributed by atoms with E-state index < -0.39 is 25.0 Å². The van der Waals surface area contributed by atoms with Gasteiger partial charge in [0, 0.05) is 0 Å². The van der Waals surface area contributed by atoms with Crippen LogP contribution in [0, 0.1) is 19.7 Å². The molecule has 0 amide bonds. The van der Waals surface area contributed by atoms with Crippen LogP contribution in [0.4, 0.5) is 0 Å². The Hall–Kier alpha value is -1.14. The van der Waals surface area contributed by atoms with Gasteiger partial charge in [-0.15, -0.1) is 0 Å². The number of hydrogen-bond acceptors (Lipinski definition) is 2. The standard InChI is InChI=1S/3CHN.Cu.H2O4S/c3*1-2;;1-5(2,3)4/h3*1H;;(H2,1,2,3,4)/q;;;+3;. The van der Waals surface area contributed by atoms with E-state index in [9.17, 15) is 0 Å². The Morgan fingerprint density at radius 2 is 1.17 bits per heavy atom. The molecule has 0 fully saturated rings. The maximum atomic E-state index is 8.74. The Kier molecular flexibility index (Phi) is 7.35. The number of nitrogens with zero attached hydrogens (tertiary/aromatic N) is 3. The first-order chi connectivity index (χ1) is 5.35. The molecule has 70 valence electrons.